The van der Waals surface area contributed by atoms with Gasteiger partial charge < -0.3 is 14.5 Å². The van der Waals surface area contributed by atoms with E-state index >= 15 is 0 Å². The van der Waals surface area contributed by atoms with E-state index in [1.807, 2.05) is 13.0 Å². The predicted molar refractivity (Wildman–Crippen MR) is 76.6 cm³/mol. The Labute approximate surface area is 122 Å². The minimum atomic E-state index is -0.493. The Kier molecular flexibility index (Phi) is 5.04. The summed E-state index contributed by atoms with van der Waals surface area (Å²) in [5, 5.41) is 3.32. The van der Waals surface area contributed by atoms with Crippen LogP contribution in [0.3, 0.4) is 0 Å². The Morgan fingerprint density at radius 2 is 2.15 bits per heavy atom. The fourth-order valence-electron chi connectivity index (χ4n) is 1.82. The first-order chi connectivity index (χ1) is 9.60. The van der Waals surface area contributed by atoms with E-state index in [2.05, 4.69) is 12.2 Å². The summed E-state index contributed by atoms with van der Waals surface area (Å²) in [6, 6.07) is 6.30. The number of furan rings is 1. The minimum absolute atomic E-state index is 0.0825. The number of halogens is 2. The molecule has 0 radical (unpaired) electrons. The summed E-state index contributed by atoms with van der Waals surface area (Å²) in [6.07, 6.45) is 0. The first kappa shape index (κ1) is 14.9. The van der Waals surface area contributed by atoms with Gasteiger partial charge in [0.2, 0.25) is 0 Å². The molecular formula is C15H17ClFNO2. The highest BCUT2D eigenvalue weighted by Gasteiger charge is 2.08. The molecule has 0 aliphatic carbocycles. The zero-order valence-corrected chi connectivity index (χ0v) is 12.3. The highest BCUT2D eigenvalue weighted by Crippen LogP contribution is 2.22. The van der Waals surface area contributed by atoms with Crippen molar-refractivity contribution >= 4 is 11.6 Å². The third kappa shape index (κ3) is 3.74. The summed E-state index contributed by atoms with van der Waals surface area (Å²) in [7, 11) is 0. The predicted octanol–water partition coefficient (Wildman–Crippen LogP) is 4.07. The second-order valence-electron chi connectivity index (χ2n) is 4.44. The smallest absolute Gasteiger partial charge is 0.146 e. The van der Waals surface area contributed by atoms with Crippen LogP contribution >= 0.6 is 11.6 Å². The molecule has 3 nitrogen and oxygen atoms in total. The normalized spacial score (nSPS) is 10.8. The quantitative estimate of drug-likeness (QED) is 0.873. The van der Waals surface area contributed by atoms with E-state index in [0.717, 1.165) is 24.4 Å². The van der Waals surface area contributed by atoms with Crippen molar-refractivity contribution in [1.29, 1.82) is 0 Å². The van der Waals surface area contributed by atoms with Gasteiger partial charge in [0, 0.05) is 18.2 Å². The van der Waals surface area contributed by atoms with Gasteiger partial charge in [-0.1, -0.05) is 18.5 Å². The standard InChI is InChI=1S/C15H17ClFNO2/c1-3-18-8-11-6-13(20-10(11)2)9-19-12-4-5-14(16)15(17)7-12/h4-7,18H,3,8-9H2,1-2H3. The molecule has 2 aromatic rings. The molecule has 20 heavy (non-hydrogen) atoms. The number of hydrogen-bond donors (Lipinski definition) is 1. The average molecular weight is 298 g/mol. The summed E-state index contributed by atoms with van der Waals surface area (Å²) in [4.78, 5) is 0. The molecule has 0 aliphatic heterocycles. The first-order valence-corrected chi connectivity index (χ1v) is 6.84. The molecule has 1 N–H and O–H groups in total. The Morgan fingerprint density at radius 3 is 2.85 bits per heavy atom. The minimum Gasteiger partial charge on any atom is -0.486 e. The zero-order chi connectivity index (χ0) is 14.5. The molecule has 1 aromatic heterocycles. The van der Waals surface area contributed by atoms with E-state index in [-0.39, 0.29) is 11.6 Å². The van der Waals surface area contributed by atoms with Crippen molar-refractivity contribution in [3.8, 4) is 5.75 Å². The van der Waals surface area contributed by atoms with Crippen molar-refractivity contribution in [2.75, 3.05) is 6.54 Å². The van der Waals surface area contributed by atoms with Gasteiger partial charge in [0.25, 0.3) is 0 Å². The number of benzene rings is 1. The zero-order valence-electron chi connectivity index (χ0n) is 11.5. The average Bonchev–Trinajstić information content (AvgIpc) is 2.78. The van der Waals surface area contributed by atoms with Crippen molar-refractivity contribution < 1.29 is 13.5 Å². The van der Waals surface area contributed by atoms with E-state index in [0.29, 0.717) is 11.5 Å². The molecule has 0 saturated carbocycles. The summed E-state index contributed by atoms with van der Waals surface area (Å²) >= 11 is 5.61. The maximum Gasteiger partial charge on any atom is 0.146 e. The monoisotopic (exact) mass is 297 g/mol. The Bertz CT molecular complexity index is 583. The molecule has 0 fully saturated rings. The SMILES string of the molecule is CCNCc1cc(COc2ccc(Cl)c(F)c2)oc1C. The van der Waals surface area contributed by atoms with Crippen molar-refractivity contribution in [1.82, 2.24) is 5.32 Å². The van der Waals surface area contributed by atoms with Gasteiger partial charge >= 0.3 is 0 Å². The maximum absolute atomic E-state index is 13.3. The van der Waals surface area contributed by atoms with Crippen LogP contribution in [0.5, 0.6) is 5.75 Å². The lowest BCUT2D eigenvalue weighted by molar-refractivity contribution is 0.266. The van der Waals surface area contributed by atoms with Gasteiger partial charge in [-0.25, -0.2) is 4.39 Å². The molecule has 1 heterocycles. The van der Waals surface area contributed by atoms with Gasteiger partial charge in [-0.2, -0.15) is 0 Å². The van der Waals surface area contributed by atoms with Crippen LogP contribution in [-0.2, 0) is 13.2 Å². The van der Waals surface area contributed by atoms with E-state index in [1.54, 1.807) is 6.07 Å². The molecule has 0 aliphatic rings. The molecule has 108 valence electrons. The van der Waals surface area contributed by atoms with Crippen molar-refractivity contribution in [3.05, 3.63) is 52.2 Å². The first-order valence-electron chi connectivity index (χ1n) is 6.47. The molecule has 5 heteroatoms. The highest BCUT2D eigenvalue weighted by atomic mass is 35.5. The second-order valence-corrected chi connectivity index (χ2v) is 4.85. The van der Waals surface area contributed by atoms with Crippen LogP contribution in [0, 0.1) is 12.7 Å². The van der Waals surface area contributed by atoms with Crippen molar-refractivity contribution in [2.45, 2.75) is 27.0 Å². The maximum atomic E-state index is 13.3. The van der Waals surface area contributed by atoms with E-state index in [9.17, 15) is 4.39 Å². The van der Waals surface area contributed by atoms with Gasteiger partial charge in [0.1, 0.15) is 29.7 Å². The molecule has 0 unspecified atom stereocenters. The second kappa shape index (κ2) is 6.77. The molecule has 0 spiro atoms. The number of nitrogens with one attached hydrogen (secondary N) is 1. The van der Waals surface area contributed by atoms with Crippen molar-refractivity contribution in [2.24, 2.45) is 0 Å². The van der Waals surface area contributed by atoms with Crippen LogP contribution in [0.25, 0.3) is 0 Å². The molecule has 2 rings (SSSR count). The van der Waals surface area contributed by atoms with Crippen LogP contribution in [0.2, 0.25) is 5.02 Å². The lowest BCUT2D eigenvalue weighted by Crippen LogP contribution is -2.11. The van der Waals surface area contributed by atoms with Gasteiger partial charge in [-0.3, -0.25) is 0 Å². The Balaban J connectivity index is 1.98. The van der Waals surface area contributed by atoms with Crippen LogP contribution in [-0.4, -0.2) is 6.54 Å². The number of aryl methyl sites for hydroxylation is 1. The summed E-state index contributed by atoms with van der Waals surface area (Å²) in [6.45, 7) is 5.89. The molecule has 0 bridgehead atoms. The number of ether oxygens (including phenoxy) is 1. The van der Waals surface area contributed by atoms with E-state index < -0.39 is 5.82 Å². The summed E-state index contributed by atoms with van der Waals surface area (Å²) < 4.78 is 24.4. The lowest BCUT2D eigenvalue weighted by Gasteiger charge is -2.04. The molecule has 0 atom stereocenters. The highest BCUT2D eigenvalue weighted by molar-refractivity contribution is 6.30. The van der Waals surface area contributed by atoms with Gasteiger partial charge in [0.05, 0.1) is 5.02 Å². The molecule has 1 aromatic carbocycles. The van der Waals surface area contributed by atoms with Crippen LogP contribution < -0.4 is 10.1 Å². The molecule has 0 amide bonds. The largest absolute Gasteiger partial charge is 0.486 e. The fourth-order valence-corrected chi connectivity index (χ4v) is 1.93. The number of hydrogen-bond acceptors (Lipinski definition) is 3. The topological polar surface area (TPSA) is 34.4 Å². The van der Waals surface area contributed by atoms with E-state index in [4.69, 9.17) is 20.8 Å². The Morgan fingerprint density at radius 1 is 1.35 bits per heavy atom. The lowest BCUT2D eigenvalue weighted by atomic mass is 10.2. The molecule has 0 saturated heterocycles. The van der Waals surface area contributed by atoms with Crippen LogP contribution in [0.15, 0.2) is 28.7 Å². The van der Waals surface area contributed by atoms with Gasteiger partial charge in [-0.15, -0.1) is 0 Å². The summed E-state index contributed by atoms with van der Waals surface area (Å²) in [5.74, 6) is 1.51. The fraction of sp³-hybridized carbons (Fsp3) is 0.333. The van der Waals surface area contributed by atoms with Crippen LogP contribution in [0.4, 0.5) is 4.39 Å². The van der Waals surface area contributed by atoms with Crippen molar-refractivity contribution in [3.63, 3.8) is 0 Å². The van der Waals surface area contributed by atoms with Gasteiger partial charge in [0.15, 0.2) is 0 Å². The third-order valence-electron chi connectivity index (χ3n) is 2.91. The summed E-state index contributed by atoms with van der Waals surface area (Å²) in [5.41, 5.74) is 1.10. The molecular weight excluding hydrogens is 281 g/mol. The Hall–Kier alpha value is -1.52. The van der Waals surface area contributed by atoms with E-state index in [1.165, 1.54) is 12.1 Å². The van der Waals surface area contributed by atoms with Gasteiger partial charge in [-0.05, 0) is 31.7 Å². The third-order valence-corrected chi connectivity index (χ3v) is 3.22. The van der Waals surface area contributed by atoms with Crippen LogP contribution in [0.1, 0.15) is 24.0 Å². The number of rotatable bonds is 6.